The maximum atomic E-state index is 12.7. The predicted molar refractivity (Wildman–Crippen MR) is 87.5 cm³/mol. The molecule has 1 aliphatic heterocycles. The Bertz CT molecular complexity index is 809. The first-order chi connectivity index (χ1) is 11.8. The van der Waals surface area contributed by atoms with Crippen molar-refractivity contribution in [3.63, 3.8) is 0 Å². The lowest BCUT2D eigenvalue weighted by molar-refractivity contribution is -0.137. The van der Waals surface area contributed by atoms with Crippen LogP contribution in [0, 0.1) is 0 Å². The van der Waals surface area contributed by atoms with E-state index in [0.29, 0.717) is 17.1 Å². The van der Waals surface area contributed by atoms with Crippen LogP contribution in [0.5, 0.6) is 0 Å². The quantitative estimate of drug-likeness (QED) is 0.921. The molecule has 132 valence electrons. The number of aromatic nitrogens is 2. The Kier molecular flexibility index (Phi) is 4.23. The smallest absolute Gasteiger partial charge is 0.350 e. The van der Waals surface area contributed by atoms with Gasteiger partial charge in [0.15, 0.2) is 5.82 Å². The highest BCUT2D eigenvalue weighted by molar-refractivity contribution is 6.01. The third-order valence-electron chi connectivity index (χ3n) is 3.92. The number of hydrogen-bond donors (Lipinski definition) is 1. The van der Waals surface area contributed by atoms with Crippen LogP contribution in [-0.2, 0) is 17.5 Å². The molecule has 0 unspecified atom stereocenters. The number of rotatable bonds is 3. The number of alkyl halides is 3. The lowest BCUT2D eigenvalue weighted by atomic mass is 10.1. The minimum absolute atomic E-state index is 0.0664. The molecule has 0 aliphatic carbocycles. The lowest BCUT2D eigenvalue weighted by Crippen LogP contribution is -2.42. The molecule has 1 amide bonds. The largest absolute Gasteiger partial charge is 0.416 e. The van der Waals surface area contributed by atoms with Crippen LogP contribution in [0.4, 0.5) is 30.6 Å². The fraction of sp³-hybridized carbons (Fsp3) is 0.312. The Morgan fingerprint density at radius 3 is 2.76 bits per heavy atom. The van der Waals surface area contributed by atoms with E-state index in [0.717, 1.165) is 12.1 Å². The van der Waals surface area contributed by atoms with Crippen molar-refractivity contribution in [3.05, 3.63) is 41.6 Å². The van der Waals surface area contributed by atoms with Gasteiger partial charge in [-0.3, -0.25) is 4.79 Å². The van der Waals surface area contributed by atoms with E-state index in [1.165, 1.54) is 17.2 Å². The molecule has 1 N–H and O–H groups in total. The number of likely N-dealkylation sites (N-methyl/N-ethyl adjacent to an activating group) is 2. The SMILES string of the molecule is CN1CC(=O)N(C)c2cnc(NCc3cccc(C(F)(F)F)c3)nc21. The van der Waals surface area contributed by atoms with Gasteiger partial charge in [0.1, 0.15) is 5.69 Å². The van der Waals surface area contributed by atoms with Crippen LogP contribution in [0.3, 0.4) is 0 Å². The molecule has 1 aliphatic rings. The minimum atomic E-state index is -4.38. The van der Waals surface area contributed by atoms with Gasteiger partial charge < -0.3 is 15.1 Å². The predicted octanol–water partition coefficient (Wildman–Crippen LogP) is 2.52. The number of benzene rings is 1. The van der Waals surface area contributed by atoms with Crippen molar-refractivity contribution in [2.45, 2.75) is 12.7 Å². The molecule has 0 saturated carbocycles. The standard InChI is InChI=1S/C16H16F3N5O/c1-23-9-13(25)24(2)12-8-21-15(22-14(12)23)20-7-10-4-3-5-11(6-10)16(17,18)19/h3-6,8H,7,9H2,1-2H3,(H,20,21,22). The molecule has 1 aromatic carbocycles. The first-order valence-corrected chi connectivity index (χ1v) is 7.50. The molecule has 0 spiro atoms. The number of fused-ring (bicyclic) bond motifs is 1. The number of nitrogens with one attached hydrogen (secondary N) is 1. The molecule has 2 aromatic rings. The van der Waals surface area contributed by atoms with E-state index in [9.17, 15) is 18.0 Å². The maximum Gasteiger partial charge on any atom is 0.416 e. The Balaban J connectivity index is 1.77. The molecule has 0 bridgehead atoms. The van der Waals surface area contributed by atoms with Crippen LogP contribution in [-0.4, -0.2) is 36.5 Å². The fourth-order valence-electron chi connectivity index (χ4n) is 2.53. The lowest BCUT2D eigenvalue weighted by Gasteiger charge is -2.31. The Morgan fingerprint density at radius 2 is 2.04 bits per heavy atom. The van der Waals surface area contributed by atoms with Crippen molar-refractivity contribution >= 4 is 23.4 Å². The van der Waals surface area contributed by atoms with Crippen molar-refractivity contribution in [3.8, 4) is 0 Å². The average Bonchev–Trinajstić information content (AvgIpc) is 2.57. The van der Waals surface area contributed by atoms with Crippen LogP contribution < -0.4 is 15.1 Å². The van der Waals surface area contributed by atoms with Crippen LogP contribution >= 0.6 is 0 Å². The van der Waals surface area contributed by atoms with Gasteiger partial charge in [-0.15, -0.1) is 0 Å². The van der Waals surface area contributed by atoms with Gasteiger partial charge in [-0.05, 0) is 17.7 Å². The topological polar surface area (TPSA) is 61.4 Å². The summed E-state index contributed by atoms with van der Waals surface area (Å²) in [6, 6.07) is 5.08. The second-order valence-corrected chi connectivity index (χ2v) is 5.76. The Labute approximate surface area is 142 Å². The molecule has 6 nitrogen and oxygen atoms in total. The van der Waals surface area contributed by atoms with Crippen LogP contribution in [0.15, 0.2) is 30.5 Å². The number of hydrogen-bond acceptors (Lipinski definition) is 5. The number of anilines is 3. The number of halogens is 3. The van der Waals surface area contributed by atoms with Crippen LogP contribution in [0.25, 0.3) is 0 Å². The van der Waals surface area contributed by atoms with Crippen LogP contribution in [0.1, 0.15) is 11.1 Å². The van der Waals surface area contributed by atoms with E-state index in [2.05, 4.69) is 15.3 Å². The van der Waals surface area contributed by atoms with Crippen molar-refractivity contribution < 1.29 is 18.0 Å². The van der Waals surface area contributed by atoms with E-state index >= 15 is 0 Å². The highest BCUT2D eigenvalue weighted by atomic mass is 19.4. The molecule has 9 heteroatoms. The third-order valence-corrected chi connectivity index (χ3v) is 3.92. The van der Waals surface area contributed by atoms with E-state index in [-0.39, 0.29) is 24.9 Å². The van der Waals surface area contributed by atoms with Gasteiger partial charge in [-0.1, -0.05) is 12.1 Å². The molecule has 0 atom stereocenters. The molecule has 0 fully saturated rings. The third kappa shape index (κ3) is 3.49. The Morgan fingerprint density at radius 1 is 1.28 bits per heavy atom. The van der Waals surface area contributed by atoms with Crippen molar-refractivity contribution in [2.24, 2.45) is 0 Å². The van der Waals surface area contributed by atoms with Gasteiger partial charge in [0, 0.05) is 20.6 Å². The highest BCUT2D eigenvalue weighted by Gasteiger charge is 2.30. The summed E-state index contributed by atoms with van der Waals surface area (Å²) in [6.45, 7) is 0.356. The highest BCUT2D eigenvalue weighted by Crippen LogP contribution is 2.31. The zero-order valence-corrected chi connectivity index (χ0v) is 13.6. The zero-order valence-electron chi connectivity index (χ0n) is 13.6. The number of nitrogens with zero attached hydrogens (tertiary/aromatic N) is 4. The second kappa shape index (κ2) is 6.23. The molecule has 1 aromatic heterocycles. The maximum absolute atomic E-state index is 12.7. The molecule has 0 radical (unpaired) electrons. The van der Waals surface area contributed by atoms with Crippen molar-refractivity contribution in [1.82, 2.24) is 9.97 Å². The Hall–Kier alpha value is -2.84. The van der Waals surface area contributed by atoms with Gasteiger partial charge >= 0.3 is 6.18 Å². The summed E-state index contributed by atoms with van der Waals surface area (Å²) in [5.41, 5.74) is 0.359. The monoisotopic (exact) mass is 351 g/mol. The number of carbonyl (C=O) groups is 1. The van der Waals surface area contributed by atoms with E-state index < -0.39 is 11.7 Å². The first kappa shape index (κ1) is 17.0. The summed E-state index contributed by atoms with van der Waals surface area (Å²) in [5, 5.41) is 2.92. The minimum Gasteiger partial charge on any atom is -0.350 e. The summed E-state index contributed by atoms with van der Waals surface area (Å²) < 4.78 is 38.2. The second-order valence-electron chi connectivity index (χ2n) is 5.76. The summed E-state index contributed by atoms with van der Waals surface area (Å²) in [7, 11) is 3.39. The molecular formula is C16H16F3N5O. The average molecular weight is 351 g/mol. The summed E-state index contributed by atoms with van der Waals surface area (Å²) in [6.07, 6.45) is -2.86. The first-order valence-electron chi connectivity index (χ1n) is 7.50. The van der Waals surface area contributed by atoms with Crippen molar-refractivity contribution in [1.29, 1.82) is 0 Å². The molecule has 25 heavy (non-hydrogen) atoms. The van der Waals surface area contributed by atoms with Gasteiger partial charge in [0.25, 0.3) is 0 Å². The molecular weight excluding hydrogens is 335 g/mol. The van der Waals surface area contributed by atoms with Crippen molar-refractivity contribution in [2.75, 3.05) is 35.8 Å². The fourth-order valence-corrected chi connectivity index (χ4v) is 2.53. The van der Waals surface area contributed by atoms with Gasteiger partial charge in [-0.2, -0.15) is 18.2 Å². The molecule has 0 saturated heterocycles. The number of amides is 1. The molecule has 2 heterocycles. The van der Waals surface area contributed by atoms with E-state index in [1.807, 2.05) is 0 Å². The van der Waals surface area contributed by atoms with Gasteiger partial charge in [-0.25, -0.2) is 4.98 Å². The summed E-state index contributed by atoms with van der Waals surface area (Å²) in [5.74, 6) is 0.803. The number of carbonyl (C=O) groups excluding carboxylic acids is 1. The van der Waals surface area contributed by atoms with Gasteiger partial charge in [0.2, 0.25) is 11.9 Å². The zero-order chi connectivity index (χ0) is 18.2. The van der Waals surface area contributed by atoms with Gasteiger partial charge in [0.05, 0.1) is 18.3 Å². The van der Waals surface area contributed by atoms with E-state index in [1.54, 1.807) is 25.1 Å². The normalized spacial score (nSPS) is 14.5. The summed E-state index contributed by atoms with van der Waals surface area (Å²) >= 11 is 0. The van der Waals surface area contributed by atoms with E-state index in [4.69, 9.17) is 0 Å². The summed E-state index contributed by atoms with van der Waals surface area (Å²) in [4.78, 5) is 23.5. The van der Waals surface area contributed by atoms with Crippen LogP contribution in [0.2, 0.25) is 0 Å². The molecule has 3 rings (SSSR count).